The quantitative estimate of drug-likeness (QED) is 0.847. The van der Waals surface area contributed by atoms with Crippen molar-refractivity contribution in [2.75, 3.05) is 13.1 Å². The van der Waals surface area contributed by atoms with Gasteiger partial charge in [-0.25, -0.2) is 0 Å². The number of primary amides is 1. The Kier molecular flexibility index (Phi) is 4.82. The van der Waals surface area contributed by atoms with Crippen LogP contribution in [-0.4, -0.2) is 45.4 Å². The minimum atomic E-state index is -0.836. The van der Waals surface area contributed by atoms with Gasteiger partial charge in [0.05, 0.1) is 6.04 Å². The van der Waals surface area contributed by atoms with E-state index in [1.165, 1.54) is 0 Å². The van der Waals surface area contributed by atoms with E-state index >= 15 is 0 Å². The van der Waals surface area contributed by atoms with E-state index in [-0.39, 0.29) is 17.4 Å². The molecule has 3 N–H and O–H groups in total. The fourth-order valence-corrected chi connectivity index (χ4v) is 3.22. The molecule has 0 saturated carbocycles. The van der Waals surface area contributed by atoms with E-state index < -0.39 is 11.5 Å². The van der Waals surface area contributed by atoms with Gasteiger partial charge in [0, 0.05) is 22.6 Å². The highest BCUT2D eigenvalue weighted by Crippen LogP contribution is 2.39. The Morgan fingerprint density at radius 3 is 2.65 bits per heavy atom. The van der Waals surface area contributed by atoms with E-state index in [2.05, 4.69) is 15.3 Å². The number of likely N-dealkylation sites (tertiary alicyclic amines) is 1. The number of carbonyl (C=O) groups is 1. The molecule has 1 aromatic heterocycles. The third-order valence-electron chi connectivity index (χ3n) is 4.50. The second-order valence-electron chi connectivity index (χ2n) is 8.16. The molecule has 1 aliphatic rings. The van der Waals surface area contributed by atoms with Gasteiger partial charge in [-0.2, -0.15) is 0 Å². The molecule has 7 nitrogen and oxygen atoms in total. The lowest BCUT2D eigenvalue weighted by Gasteiger charge is -2.36. The van der Waals surface area contributed by atoms with Gasteiger partial charge in [0.2, 0.25) is 5.91 Å². The summed E-state index contributed by atoms with van der Waals surface area (Å²) in [5.74, 6) is 0.289. The minimum Gasteiger partial charge on any atom is -0.386 e. The van der Waals surface area contributed by atoms with Gasteiger partial charge in [0.25, 0.3) is 0 Å². The maximum absolute atomic E-state index is 11.6. The van der Waals surface area contributed by atoms with E-state index in [0.717, 1.165) is 19.4 Å². The van der Waals surface area contributed by atoms with Crippen LogP contribution in [-0.2, 0) is 10.2 Å². The zero-order valence-corrected chi connectivity index (χ0v) is 14.7. The predicted octanol–water partition coefficient (Wildman–Crippen LogP) is 1.38. The first kappa shape index (κ1) is 17.9. The van der Waals surface area contributed by atoms with Crippen molar-refractivity contribution in [3.05, 3.63) is 11.5 Å². The summed E-state index contributed by atoms with van der Waals surface area (Å²) in [6.45, 7) is 11.2. The van der Waals surface area contributed by atoms with Crippen molar-refractivity contribution in [1.82, 2.24) is 15.3 Å². The monoisotopic (exact) mass is 324 g/mol. The van der Waals surface area contributed by atoms with Gasteiger partial charge in [-0.3, -0.25) is 9.69 Å². The van der Waals surface area contributed by atoms with Gasteiger partial charge in [-0.05, 0) is 19.4 Å². The third-order valence-corrected chi connectivity index (χ3v) is 4.50. The highest BCUT2D eigenvalue weighted by molar-refractivity contribution is 5.80. The molecule has 1 aliphatic heterocycles. The lowest BCUT2D eigenvalue weighted by Crippen LogP contribution is -2.46. The van der Waals surface area contributed by atoms with Crippen LogP contribution in [0.15, 0.2) is 4.52 Å². The van der Waals surface area contributed by atoms with Crippen LogP contribution in [0.3, 0.4) is 0 Å². The van der Waals surface area contributed by atoms with Crippen LogP contribution in [0.1, 0.15) is 65.0 Å². The molecule has 1 unspecified atom stereocenters. The van der Waals surface area contributed by atoms with Crippen molar-refractivity contribution >= 4 is 5.91 Å². The van der Waals surface area contributed by atoms with E-state index in [1.807, 2.05) is 34.6 Å². The van der Waals surface area contributed by atoms with Crippen LogP contribution < -0.4 is 5.73 Å². The van der Waals surface area contributed by atoms with Crippen LogP contribution in [0.4, 0.5) is 0 Å². The number of aliphatic hydroxyl groups excluding tert-OH is 1. The molecule has 1 aromatic rings. The topological polar surface area (TPSA) is 105 Å². The van der Waals surface area contributed by atoms with Crippen molar-refractivity contribution in [1.29, 1.82) is 0 Å². The van der Waals surface area contributed by atoms with E-state index in [1.54, 1.807) is 0 Å². The van der Waals surface area contributed by atoms with E-state index in [4.69, 9.17) is 10.3 Å². The van der Waals surface area contributed by atoms with Gasteiger partial charge in [0.15, 0.2) is 5.76 Å². The standard InChI is InChI=1S/C16H28N4O3/c1-15(2,3)13-11(18-19-23-13)12(21)16(4,5)9-20-8-6-7-10(20)14(17)22/h10,12,21H,6-9H2,1-5H3,(H2,17,22)/t10-,12?/m0/s1. The fourth-order valence-electron chi connectivity index (χ4n) is 3.22. The molecule has 23 heavy (non-hydrogen) atoms. The van der Waals surface area contributed by atoms with E-state index in [9.17, 15) is 9.90 Å². The fraction of sp³-hybridized carbons (Fsp3) is 0.812. The average Bonchev–Trinajstić information content (AvgIpc) is 3.04. The first-order chi connectivity index (χ1) is 10.5. The van der Waals surface area contributed by atoms with Crippen LogP contribution in [0.5, 0.6) is 0 Å². The summed E-state index contributed by atoms with van der Waals surface area (Å²) in [4.78, 5) is 13.6. The largest absolute Gasteiger partial charge is 0.386 e. The Morgan fingerprint density at radius 2 is 2.09 bits per heavy atom. The number of carbonyl (C=O) groups excluding carboxylic acids is 1. The van der Waals surface area contributed by atoms with Crippen molar-refractivity contribution in [3.8, 4) is 0 Å². The highest BCUT2D eigenvalue weighted by Gasteiger charge is 2.40. The van der Waals surface area contributed by atoms with E-state index in [0.29, 0.717) is 18.0 Å². The average molecular weight is 324 g/mol. The molecule has 0 bridgehead atoms. The minimum absolute atomic E-state index is 0.251. The Morgan fingerprint density at radius 1 is 1.43 bits per heavy atom. The van der Waals surface area contributed by atoms with Crippen LogP contribution in [0.2, 0.25) is 0 Å². The molecule has 0 aliphatic carbocycles. The summed E-state index contributed by atoms with van der Waals surface area (Å²) in [6, 6.07) is -0.251. The summed E-state index contributed by atoms with van der Waals surface area (Å²) in [5.41, 5.74) is 5.14. The molecule has 2 atom stereocenters. The number of nitrogens with two attached hydrogens (primary N) is 1. The molecule has 0 spiro atoms. The van der Waals surface area contributed by atoms with Gasteiger partial charge in [-0.1, -0.05) is 34.6 Å². The number of rotatable bonds is 5. The van der Waals surface area contributed by atoms with Crippen molar-refractivity contribution < 1.29 is 14.4 Å². The Balaban J connectivity index is 2.19. The Bertz CT molecular complexity index is 562. The second-order valence-corrected chi connectivity index (χ2v) is 8.16. The van der Waals surface area contributed by atoms with Gasteiger partial charge in [0.1, 0.15) is 11.8 Å². The third kappa shape index (κ3) is 3.72. The molecule has 2 rings (SSSR count). The number of aromatic nitrogens is 2. The van der Waals surface area contributed by atoms with Crippen molar-refractivity contribution in [2.24, 2.45) is 11.1 Å². The zero-order valence-electron chi connectivity index (χ0n) is 14.7. The number of aliphatic hydroxyl groups is 1. The zero-order chi connectivity index (χ0) is 17.4. The van der Waals surface area contributed by atoms with Crippen LogP contribution in [0, 0.1) is 5.41 Å². The summed E-state index contributed by atoms with van der Waals surface area (Å²) in [7, 11) is 0. The lowest BCUT2D eigenvalue weighted by molar-refractivity contribution is -0.123. The van der Waals surface area contributed by atoms with Gasteiger partial charge < -0.3 is 15.4 Å². The number of hydrogen-bond donors (Lipinski definition) is 2. The number of hydrogen-bond acceptors (Lipinski definition) is 6. The summed E-state index contributed by atoms with van der Waals surface area (Å²) < 4.78 is 5.27. The Hall–Kier alpha value is -1.47. The molecular formula is C16H28N4O3. The van der Waals surface area contributed by atoms with Crippen molar-refractivity contribution in [2.45, 2.75) is 65.0 Å². The van der Waals surface area contributed by atoms with Crippen LogP contribution >= 0.6 is 0 Å². The van der Waals surface area contributed by atoms with Crippen molar-refractivity contribution in [3.63, 3.8) is 0 Å². The molecule has 1 saturated heterocycles. The SMILES string of the molecule is CC(C)(C)c1onnc1C(O)C(C)(C)CN1CCC[C@H]1C(N)=O. The summed E-state index contributed by atoms with van der Waals surface area (Å²) in [6.07, 6.45) is 0.885. The molecule has 0 aromatic carbocycles. The molecule has 2 heterocycles. The normalized spacial score (nSPS) is 21.6. The van der Waals surface area contributed by atoms with Crippen LogP contribution in [0.25, 0.3) is 0 Å². The molecule has 1 amide bonds. The molecular weight excluding hydrogens is 296 g/mol. The second kappa shape index (κ2) is 6.20. The smallest absolute Gasteiger partial charge is 0.234 e. The first-order valence-corrected chi connectivity index (χ1v) is 8.08. The highest BCUT2D eigenvalue weighted by atomic mass is 16.5. The predicted molar refractivity (Wildman–Crippen MR) is 85.5 cm³/mol. The maximum Gasteiger partial charge on any atom is 0.234 e. The number of amides is 1. The summed E-state index contributed by atoms with van der Waals surface area (Å²) in [5, 5.41) is 18.5. The lowest BCUT2D eigenvalue weighted by atomic mass is 9.80. The van der Waals surface area contributed by atoms with Gasteiger partial charge >= 0.3 is 0 Å². The molecule has 0 radical (unpaired) electrons. The molecule has 1 fully saturated rings. The maximum atomic E-state index is 11.6. The number of nitrogens with zero attached hydrogens (tertiary/aromatic N) is 3. The van der Waals surface area contributed by atoms with Gasteiger partial charge in [-0.15, -0.1) is 5.10 Å². The first-order valence-electron chi connectivity index (χ1n) is 8.08. The molecule has 130 valence electrons. The summed E-state index contributed by atoms with van der Waals surface area (Å²) >= 11 is 0. The molecule has 7 heteroatoms. The Labute approximate surface area is 137 Å².